The summed E-state index contributed by atoms with van der Waals surface area (Å²) in [6, 6.07) is 11.2. The molecule has 0 fully saturated rings. The quantitative estimate of drug-likeness (QED) is 0.413. The van der Waals surface area contributed by atoms with Gasteiger partial charge in [-0.2, -0.15) is 0 Å². The van der Waals surface area contributed by atoms with Crippen LogP contribution in [-0.2, 0) is 6.42 Å². The number of carbonyl (C=O) groups excluding carboxylic acids is 1. The second-order valence-electron chi connectivity index (χ2n) is 5.14. The molecule has 2 N–H and O–H groups in total. The molecule has 0 heterocycles. The number of amides is 1. The van der Waals surface area contributed by atoms with Crippen molar-refractivity contribution >= 4 is 67.4 Å². The summed E-state index contributed by atoms with van der Waals surface area (Å²) >= 11 is 11.0. The van der Waals surface area contributed by atoms with Crippen molar-refractivity contribution < 1.29 is 9.53 Å². The predicted octanol–water partition coefficient (Wildman–Crippen LogP) is 5.14. The second kappa shape index (κ2) is 9.49. The minimum atomic E-state index is -0.273. The molecule has 0 aromatic heterocycles. The molecule has 7 heteroatoms. The third-order valence-electron chi connectivity index (χ3n) is 3.42. The average molecular weight is 533 g/mol. The Kier molecular flexibility index (Phi) is 7.64. The Labute approximate surface area is 175 Å². The number of hydrogen-bond donors (Lipinski definition) is 2. The zero-order chi connectivity index (χ0) is 18.4. The smallest absolute Gasteiger partial charge is 0.257 e. The molecule has 0 aliphatic carbocycles. The highest BCUT2D eigenvalue weighted by atomic mass is 127. The minimum Gasteiger partial charge on any atom is -0.493 e. The van der Waals surface area contributed by atoms with E-state index in [0.717, 1.165) is 25.7 Å². The molecule has 0 atom stereocenters. The van der Waals surface area contributed by atoms with Gasteiger partial charge in [-0.25, -0.2) is 0 Å². The fourth-order valence-corrected chi connectivity index (χ4v) is 3.47. The Hall–Kier alpha value is -1.19. The topological polar surface area (TPSA) is 50.4 Å². The fraction of sp³-hybridized carbons (Fsp3) is 0.222. The molecule has 25 heavy (non-hydrogen) atoms. The number of anilines is 1. The van der Waals surface area contributed by atoms with Crippen LogP contribution in [0, 0.1) is 3.57 Å². The highest BCUT2D eigenvalue weighted by Gasteiger charge is 2.12. The van der Waals surface area contributed by atoms with Crippen molar-refractivity contribution in [2.75, 3.05) is 11.9 Å². The Bertz CT molecular complexity index is 799. The molecule has 132 valence electrons. The van der Waals surface area contributed by atoms with Crippen LogP contribution in [-0.4, -0.2) is 17.6 Å². The number of ether oxygens (including phenoxy) is 1. The summed E-state index contributed by atoms with van der Waals surface area (Å²) in [4.78, 5) is 12.4. The van der Waals surface area contributed by atoms with E-state index >= 15 is 0 Å². The average Bonchev–Trinajstić information content (AvgIpc) is 2.58. The SMILES string of the molecule is CCOc1ccc(C(=O)NC(=S)Nc2ccc(I)cc2CC)cc1Br. The van der Waals surface area contributed by atoms with Crippen LogP contribution in [0.15, 0.2) is 40.9 Å². The molecule has 4 nitrogen and oxygen atoms in total. The number of carbonyl (C=O) groups is 1. The molecule has 0 saturated carbocycles. The number of nitrogens with one attached hydrogen (secondary N) is 2. The number of benzene rings is 2. The standard InChI is InChI=1S/C18H18BrIN2O2S/c1-3-11-9-13(20)6-7-15(11)21-18(25)22-17(23)12-5-8-16(24-4-2)14(19)10-12/h5-10H,3-4H2,1-2H3,(H2,21,22,23,25). The molecule has 0 spiro atoms. The van der Waals surface area contributed by atoms with Gasteiger partial charge in [-0.1, -0.05) is 6.92 Å². The van der Waals surface area contributed by atoms with Gasteiger partial charge in [0.1, 0.15) is 5.75 Å². The van der Waals surface area contributed by atoms with E-state index in [1.165, 1.54) is 0 Å². The van der Waals surface area contributed by atoms with Crippen LogP contribution in [0.4, 0.5) is 5.69 Å². The van der Waals surface area contributed by atoms with Crippen molar-refractivity contribution in [1.82, 2.24) is 5.32 Å². The molecular formula is C18H18BrIN2O2S. The summed E-state index contributed by atoms with van der Waals surface area (Å²) < 4.78 is 7.34. The third-order valence-corrected chi connectivity index (χ3v) is 4.91. The lowest BCUT2D eigenvalue weighted by Crippen LogP contribution is -2.34. The number of aryl methyl sites for hydroxylation is 1. The maximum atomic E-state index is 12.4. The van der Waals surface area contributed by atoms with Gasteiger partial charge in [0.05, 0.1) is 11.1 Å². The zero-order valence-corrected chi connectivity index (χ0v) is 18.4. The zero-order valence-electron chi connectivity index (χ0n) is 13.9. The van der Waals surface area contributed by atoms with Gasteiger partial charge in [0, 0.05) is 14.8 Å². The first-order valence-corrected chi connectivity index (χ1v) is 10.1. The largest absolute Gasteiger partial charge is 0.493 e. The number of thiocarbonyl (C=S) groups is 1. The fourth-order valence-electron chi connectivity index (χ4n) is 2.22. The van der Waals surface area contributed by atoms with Crippen LogP contribution in [0.5, 0.6) is 5.75 Å². The van der Waals surface area contributed by atoms with Crippen molar-refractivity contribution in [2.45, 2.75) is 20.3 Å². The van der Waals surface area contributed by atoms with Gasteiger partial charge in [0.15, 0.2) is 5.11 Å². The van der Waals surface area contributed by atoms with Gasteiger partial charge < -0.3 is 10.1 Å². The molecule has 0 aliphatic rings. The van der Waals surface area contributed by atoms with Gasteiger partial charge in [0.2, 0.25) is 0 Å². The van der Waals surface area contributed by atoms with Gasteiger partial charge in [-0.15, -0.1) is 0 Å². The number of halogens is 2. The van der Waals surface area contributed by atoms with Crippen molar-refractivity contribution in [1.29, 1.82) is 0 Å². The summed E-state index contributed by atoms with van der Waals surface area (Å²) in [6.45, 7) is 4.55. The van der Waals surface area contributed by atoms with Crippen molar-refractivity contribution in [3.63, 3.8) is 0 Å². The summed E-state index contributed by atoms with van der Waals surface area (Å²) in [6.07, 6.45) is 0.877. The van der Waals surface area contributed by atoms with E-state index in [1.54, 1.807) is 18.2 Å². The van der Waals surface area contributed by atoms with Gasteiger partial charge >= 0.3 is 0 Å². The van der Waals surface area contributed by atoms with Gasteiger partial charge in [-0.3, -0.25) is 10.1 Å². The van der Waals surface area contributed by atoms with Gasteiger partial charge in [0.25, 0.3) is 5.91 Å². The van der Waals surface area contributed by atoms with Crippen LogP contribution in [0.1, 0.15) is 29.8 Å². The van der Waals surface area contributed by atoms with E-state index in [-0.39, 0.29) is 11.0 Å². The Morgan fingerprint density at radius 2 is 2.00 bits per heavy atom. The lowest BCUT2D eigenvalue weighted by atomic mass is 10.1. The molecule has 0 aliphatic heterocycles. The molecule has 0 radical (unpaired) electrons. The molecule has 2 aromatic carbocycles. The van der Waals surface area contributed by atoms with Crippen molar-refractivity contribution in [3.05, 3.63) is 55.6 Å². The van der Waals surface area contributed by atoms with E-state index in [4.69, 9.17) is 17.0 Å². The summed E-state index contributed by atoms with van der Waals surface area (Å²) in [5.74, 6) is 0.427. The molecular weight excluding hydrogens is 515 g/mol. The second-order valence-corrected chi connectivity index (χ2v) is 7.65. The summed E-state index contributed by atoms with van der Waals surface area (Å²) in [5, 5.41) is 6.07. The first-order chi connectivity index (χ1) is 11.9. The first kappa shape index (κ1) is 20.1. The highest BCUT2D eigenvalue weighted by Crippen LogP contribution is 2.26. The highest BCUT2D eigenvalue weighted by molar-refractivity contribution is 14.1. The molecule has 2 aromatic rings. The van der Waals surface area contributed by atoms with E-state index in [2.05, 4.69) is 62.1 Å². The summed E-state index contributed by atoms with van der Waals surface area (Å²) in [7, 11) is 0. The van der Waals surface area contributed by atoms with Crippen LogP contribution in [0.25, 0.3) is 0 Å². The van der Waals surface area contributed by atoms with E-state index < -0.39 is 0 Å². The Morgan fingerprint density at radius 3 is 2.64 bits per heavy atom. The first-order valence-electron chi connectivity index (χ1n) is 7.77. The van der Waals surface area contributed by atoms with Crippen molar-refractivity contribution in [2.24, 2.45) is 0 Å². The third kappa shape index (κ3) is 5.65. The molecule has 2 rings (SSSR count). The Balaban J connectivity index is 2.05. The van der Waals surface area contributed by atoms with Crippen LogP contribution in [0.3, 0.4) is 0 Å². The maximum absolute atomic E-state index is 12.4. The summed E-state index contributed by atoms with van der Waals surface area (Å²) in [5.41, 5.74) is 2.55. The van der Waals surface area contributed by atoms with E-state index in [9.17, 15) is 4.79 Å². The van der Waals surface area contributed by atoms with E-state index in [1.807, 2.05) is 19.1 Å². The van der Waals surface area contributed by atoms with Crippen molar-refractivity contribution in [3.8, 4) is 5.75 Å². The molecule has 0 saturated heterocycles. The number of hydrogen-bond acceptors (Lipinski definition) is 3. The van der Waals surface area contributed by atoms with Crippen LogP contribution in [0.2, 0.25) is 0 Å². The molecule has 1 amide bonds. The van der Waals surface area contributed by atoms with Crippen LogP contribution >= 0.6 is 50.7 Å². The van der Waals surface area contributed by atoms with Gasteiger partial charge in [-0.05, 0) is 106 Å². The molecule has 0 bridgehead atoms. The van der Waals surface area contributed by atoms with E-state index in [0.29, 0.717) is 17.9 Å². The maximum Gasteiger partial charge on any atom is 0.257 e. The normalized spacial score (nSPS) is 10.2. The monoisotopic (exact) mass is 532 g/mol. The Morgan fingerprint density at radius 1 is 1.24 bits per heavy atom. The molecule has 0 unspecified atom stereocenters. The predicted molar refractivity (Wildman–Crippen MR) is 118 cm³/mol. The van der Waals surface area contributed by atoms with Crippen LogP contribution < -0.4 is 15.4 Å². The lowest BCUT2D eigenvalue weighted by Gasteiger charge is -2.13. The minimum absolute atomic E-state index is 0.269. The lowest BCUT2D eigenvalue weighted by molar-refractivity contribution is 0.0977. The number of rotatable bonds is 5.